The van der Waals surface area contributed by atoms with Crippen molar-refractivity contribution >= 4 is 17.9 Å². The van der Waals surface area contributed by atoms with Crippen LogP contribution >= 0.6 is 0 Å². The first-order valence-electron chi connectivity index (χ1n) is 19.8. The smallest absolute Gasteiger partial charge is 0.407 e. The molecule has 0 bridgehead atoms. The molecule has 0 unspecified atom stereocenters. The van der Waals surface area contributed by atoms with Crippen molar-refractivity contribution in [2.45, 2.75) is 84.4 Å². The summed E-state index contributed by atoms with van der Waals surface area (Å²) in [6.45, 7) is 7.67. The molecule has 3 amide bonds. The summed E-state index contributed by atoms with van der Waals surface area (Å²) >= 11 is 0. The Balaban J connectivity index is 1.15. The lowest BCUT2D eigenvalue weighted by atomic mass is 10.00. The van der Waals surface area contributed by atoms with Gasteiger partial charge >= 0.3 is 6.09 Å². The number of likely N-dealkylation sites (N-methyl/N-ethyl adjacent to an activating group) is 1. The fraction of sp³-hybridized carbons (Fsp3) is 0.475. The van der Waals surface area contributed by atoms with Crippen LogP contribution in [0.1, 0.15) is 86.7 Å². The lowest BCUT2D eigenvalue weighted by molar-refractivity contribution is -0.137. The van der Waals surface area contributed by atoms with Crippen LogP contribution in [0.25, 0.3) is 33.6 Å². The van der Waals surface area contributed by atoms with Crippen LogP contribution in [0.2, 0.25) is 0 Å². The first kappa shape index (κ1) is 35.9. The Morgan fingerprint density at radius 3 is 1.81 bits per heavy atom. The van der Waals surface area contributed by atoms with Crippen LogP contribution in [0.3, 0.4) is 0 Å². The molecular formula is C40H50F2N8O4. The fourth-order valence-corrected chi connectivity index (χ4v) is 7.51. The van der Waals surface area contributed by atoms with Gasteiger partial charge in [0.05, 0.1) is 49.0 Å². The van der Waals surface area contributed by atoms with Crippen molar-refractivity contribution in [1.29, 1.82) is 0 Å². The zero-order chi connectivity index (χ0) is 40.1. The molecule has 0 saturated carbocycles. The lowest BCUT2D eigenvalue weighted by Crippen LogP contribution is -2.51. The number of halogens is 2. The van der Waals surface area contributed by atoms with Gasteiger partial charge in [0.25, 0.3) is 0 Å². The van der Waals surface area contributed by atoms with Crippen LogP contribution in [-0.2, 0) is 14.3 Å². The van der Waals surface area contributed by atoms with Gasteiger partial charge in [-0.2, -0.15) is 0 Å². The molecule has 2 aliphatic rings. The number of rotatable bonds is 12. The highest BCUT2D eigenvalue weighted by Crippen LogP contribution is 2.36. The Labute approximate surface area is 317 Å². The number of ether oxygens (including phenoxy) is 1. The fourth-order valence-electron chi connectivity index (χ4n) is 7.51. The van der Waals surface area contributed by atoms with Gasteiger partial charge in [0.15, 0.2) is 0 Å². The van der Waals surface area contributed by atoms with E-state index in [1.807, 2.05) is 25.7 Å². The number of amides is 3. The summed E-state index contributed by atoms with van der Waals surface area (Å²) in [5.41, 5.74) is 2.41. The molecule has 0 spiro atoms. The summed E-state index contributed by atoms with van der Waals surface area (Å²) in [5, 5.41) is 2.63. The molecule has 4 heterocycles. The molecule has 2 aromatic heterocycles. The van der Waals surface area contributed by atoms with Crippen LogP contribution in [0, 0.1) is 17.6 Å². The maximum Gasteiger partial charge on any atom is 0.407 e. The summed E-state index contributed by atoms with van der Waals surface area (Å²) in [7, 11) is 1.25. The highest BCUT2D eigenvalue weighted by atomic mass is 19.1. The third-order valence-corrected chi connectivity index (χ3v) is 10.6. The first-order chi connectivity index (χ1) is 26.9. The SMILES string of the molecule is [2H]CCN(CC[2H])[C@@H](C)C(=O)N1CCC[C@H]1c1ncc(-c2ccc(-c3ccc(-c4cnc([C@@H]5CCCN5C(=O)[C@@H](NC(=O)OC)C(C)C)[nH]4)c(F)c3)cc2F)[nH]1. The standard InChI is InChI=1S/C40H50F2N8O4/c1-7-48(8-2)24(5)38(51)49-17-9-11-33(49)36-43-21-31(45-36)27-15-13-25(19-29(27)41)26-14-16-28(30(42)20-26)32-22-44-37(46-32)34-12-10-18-50(34)39(52)35(23(3)4)47-40(53)54-6/h13-16,19-24,33-35H,7-12,17-18H2,1-6H3,(H,43,45)(H,44,46)(H,47,53)/t24-,33-,34-,35-/m0/s1/i1D,2D. The van der Waals surface area contributed by atoms with E-state index in [-0.39, 0.29) is 54.7 Å². The van der Waals surface area contributed by atoms with Gasteiger partial charge in [-0.1, -0.05) is 39.8 Å². The van der Waals surface area contributed by atoms with Gasteiger partial charge in [-0.15, -0.1) is 0 Å². The van der Waals surface area contributed by atoms with Gasteiger partial charge < -0.3 is 29.8 Å². The van der Waals surface area contributed by atoms with Crippen LogP contribution in [0.5, 0.6) is 0 Å². The molecule has 2 saturated heterocycles. The number of carbonyl (C=O) groups is 3. The van der Waals surface area contributed by atoms with Crippen LogP contribution in [0.4, 0.5) is 13.6 Å². The summed E-state index contributed by atoms with van der Waals surface area (Å²) < 4.78 is 51.3. The Bertz CT molecular complexity index is 2020. The van der Waals surface area contributed by atoms with Crippen LogP contribution in [-0.4, -0.2) is 97.9 Å². The van der Waals surface area contributed by atoms with E-state index in [1.54, 1.807) is 40.3 Å². The summed E-state index contributed by atoms with van der Waals surface area (Å²) in [4.78, 5) is 59.8. The molecule has 14 heteroatoms. The van der Waals surface area contributed by atoms with Gasteiger partial charge in [-0.05, 0) is 87.0 Å². The Hall–Kier alpha value is -5.11. The minimum Gasteiger partial charge on any atom is -0.453 e. The summed E-state index contributed by atoms with van der Waals surface area (Å²) in [6.07, 6.45) is 5.31. The zero-order valence-corrected chi connectivity index (χ0v) is 31.2. The highest BCUT2D eigenvalue weighted by molar-refractivity contribution is 5.86. The zero-order valence-electron chi connectivity index (χ0n) is 33.2. The number of nitrogens with one attached hydrogen (secondary N) is 3. The third-order valence-electron chi connectivity index (χ3n) is 10.6. The van der Waals surface area contributed by atoms with E-state index < -0.39 is 29.8 Å². The van der Waals surface area contributed by atoms with Crippen LogP contribution in [0.15, 0.2) is 48.8 Å². The first-order valence-corrected chi connectivity index (χ1v) is 18.4. The number of aromatic nitrogens is 4. The lowest BCUT2D eigenvalue weighted by Gasteiger charge is -2.31. The van der Waals surface area contributed by atoms with E-state index in [0.29, 0.717) is 73.2 Å². The molecule has 4 atom stereocenters. The van der Waals surface area contributed by atoms with Crippen molar-refractivity contribution in [3.05, 3.63) is 72.1 Å². The van der Waals surface area contributed by atoms with E-state index in [2.05, 4.69) is 25.3 Å². The van der Waals surface area contributed by atoms with Crippen molar-refractivity contribution in [2.75, 3.05) is 33.3 Å². The topological polar surface area (TPSA) is 140 Å². The number of alkyl carbamates (subject to hydrolysis) is 1. The molecule has 0 aliphatic carbocycles. The number of imidazole rings is 2. The summed E-state index contributed by atoms with van der Waals surface area (Å²) in [6, 6.07) is 7.44. The maximum absolute atomic E-state index is 15.7. The number of hydrogen-bond donors (Lipinski definition) is 3. The average molecular weight is 747 g/mol. The number of nitrogens with zero attached hydrogens (tertiary/aromatic N) is 5. The predicted molar refractivity (Wildman–Crippen MR) is 201 cm³/mol. The van der Waals surface area contributed by atoms with Gasteiger partial charge in [-0.3, -0.25) is 14.5 Å². The van der Waals surface area contributed by atoms with Gasteiger partial charge in [0, 0.05) is 27.0 Å². The molecule has 2 aromatic carbocycles. The second kappa shape index (κ2) is 16.5. The predicted octanol–water partition coefficient (Wildman–Crippen LogP) is 6.85. The number of likely N-dealkylation sites (tertiary alicyclic amines) is 2. The van der Waals surface area contributed by atoms with E-state index >= 15 is 8.78 Å². The largest absolute Gasteiger partial charge is 0.453 e. The molecule has 6 rings (SSSR count). The molecule has 0 radical (unpaired) electrons. The second-order valence-electron chi connectivity index (χ2n) is 14.2. The number of aromatic amines is 2. The van der Waals surface area contributed by atoms with Crippen molar-refractivity contribution in [2.24, 2.45) is 5.92 Å². The Kier molecular flexibility index (Phi) is 11.0. The number of carbonyl (C=O) groups excluding carboxylic acids is 3. The Morgan fingerprint density at radius 1 is 0.870 bits per heavy atom. The monoisotopic (exact) mass is 746 g/mol. The van der Waals surface area contributed by atoms with Gasteiger partial charge in [0.1, 0.15) is 29.3 Å². The van der Waals surface area contributed by atoms with Crippen molar-refractivity contribution in [3.63, 3.8) is 0 Å². The Morgan fingerprint density at radius 2 is 1.37 bits per heavy atom. The van der Waals surface area contributed by atoms with Crippen LogP contribution < -0.4 is 5.32 Å². The molecule has 3 N–H and O–H groups in total. The number of hydrogen-bond acceptors (Lipinski definition) is 7. The van der Waals surface area contributed by atoms with E-state index in [1.165, 1.54) is 25.4 Å². The molecule has 288 valence electrons. The molecule has 12 nitrogen and oxygen atoms in total. The molecular weight excluding hydrogens is 694 g/mol. The minimum atomic E-state index is -0.773. The van der Waals surface area contributed by atoms with E-state index in [0.717, 1.165) is 12.8 Å². The average Bonchev–Trinajstić information content (AvgIpc) is 4.02. The molecule has 2 fully saturated rings. The summed E-state index contributed by atoms with van der Waals surface area (Å²) in [5.74, 6) is -0.464. The third kappa shape index (κ3) is 7.75. The normalized spacial score (nSPS) is 18.9. The molecule has 2 aliphatic heterocycles. The number of methoxy groups -OCH3 is 1. The minimum absolute atomic E-state index is 0.0762. The molecule has 54 heavy (non-hydrogen) atoms. The molecule has 4 aromatic rings. The highest BCUT2D eigenvalue weighted by Gasteiger charge is 2.38. The van der Waals surface area contributed by atoms with Gasteiger partial charge in [0.2, 0.25) is 11.8 Å². The van der Waals surface area contributed by atoms with Crippen molar-refractivity contribution < 1.29 is 30.6 Å². The number of benzene rings is 2. The van der Waals surface area contributed by atoms with E-state index in [9.17, 15) is 14.4 Å². The maximum atomic E-state index is 15.7. The quantitative estimate of drug-likeness (QED) is 0.144. The van der Waals surface area contributed by atoms with Gasteiger partial charge in [-0.25, -0.2) is 23.5 Å². The van der Waals surface area contributed by atoms with Crippen molar-refractivity contribution in [3.8, 4) is 33.6 Å². The number of H-pyrrole nitrogens is 2. The second-order valence-corrected chi connectivity index (χ2v) is 14.2. The van der Waals surface area contributed by atoms with E-state index in [4.69, 9.17) is 7.48 Å². The van der Waals surface area contributed by atoms with Crippen molar-refractivity contribution in [1.82, 2.24) is 40.0 Å².